The molecule has 1 heterocycles. The minimum Gasteiger partial charge on any atom is -0.354 e. The average molecular weight is 298 g/mol. The molecule has 6 nitrogen and oxygen atoms in total. The number of likely N-dealkylation sites (tertiary alicyclic amines) is 1. The Bertz CT molecular complexity index is 358. The van der Waals surface area contributed by atoms with Gasteiger partial charge in [-0.05, 0) is 12.8 Å². The molecule has 1 fully saturated rings. The van der Waals surface area contributed by atoms with E-state index in [1.165, 1.54) is 14.2 Å². The molecular weight excluding hydrogens is 281 g/mol. The molecule has 0 aromatic heterocycles. The van der Waals surface area contributed by atoms with Crippen molar-refractivity contribution in [3.63, 3.8) is 0 Å². The Morgan fingerprint density at radius 1 is 1.35 bits per heavy atom. The molecule has 1 unspecified atom stereocenters. The Labute approximate surface area is 114 Å². The Kier molecular flexibility index (Phi) is 5.75. The van der Waals surface area contributed by atoms with Crippen molar-refractivity contribution in [2.75, 3.05) is 27.3 Å². The lowest BCUT2D eigenvalue weighted by atomic mass is 10.2. The Balaban J connectivity index is 2.60. The number of amides is 2. The summed E-state index contributed by atoms with van der Waals surface area (Å²) in [5.74, 6) is -2.62. The number of hydrogen-bond donors (Lipinski definition) is 1. The van der Waals surface area contributed by atoms with Gasteiger partial charge in [0.05, 0.1) is 6.54 Å². The molecule has 116 valence electrons. The normalized spacial score (nSPS) is 19.5. The van der Waals surface area contributed by atoms with Gasteiger partial charge in [-0.2, -0.15) is 13.2 Å². The van der Waals surface area contributed by atoms with Crippen LogP contribution < -0.4 is 5.32 Å². The van der Waals surface area contributed by atoms with Gasteiger partial charge in [0, 0.05) is 20.8 Å². The van der Waals surface area contributed by atoms with Crippen LogP contribution in [0.3, 0.4) is 0 Å². The molecule has 0 aromatic rings. The van der Waals surface area contributed by atoms with E-state index in [9.17, 15) is 22.8 Å². The van der Waals surface area contributed by atoms with Gasteiger partial charge in [0.15, 0.2) is 6.29 Å². The second-order valence-electron chi connectivity index (χ2n) is 4.30. The van der Waals surface area contributed by atoms with Crippen LogP contribution in [0.15, 0.2) is 0 Å². The van der Waals surface area contributed by atoms with Crippen LogP contribution >= 0.6 is 0 Å². The van der Waals surface area contributed by atoms with E-state index in [-0.39, 0.29) is 19.5 Å². The second-order valence-corrected chi connectivity index (χ2v) is 4.30. The summed E-state index contributed by atoms with van der Waals surface area (Å²) in [6.07, 6.45) is -5.09. The second kappa shape index (κ2) is 6.89. The topological polar surface area (TPSA) is 67.9 Å². The van der Waals surface area contributed by atoms with Crippen molar-refractivity contribution in [1.82, 2.24) is 10.2 Å². The van der Waals surface area contributed by atoms with E-state index in [4.69, 9.17) is 9.47 Å². The fourth-order valence-corrected chi connectivity index (χ4v) is 2.01. The van der Waals surface area contributed by atoms with Gasteiger partial charge in [-0.3, -0.25) is 9.59 Å². The monoisotopic (exact) mass is 298 g/mol. The van der Waals surface area contributed by atoms with Gasteiger partial charge in [-0.15, -0.1) is 0 Å². The quantitative estimate of drug-likeness (QED) is 0.740. The molecule has 0 spiro atoms. The highest BCUT2D eigenvalue weighted by Crippen LogP contribution is 2.25. The molecule has 1 N–H and O–H groups in total. The summed E-state index contributed by atoms with van der Waals surface area (Å²) in [6.45, 7) is -0.0786. The molecular formula is C11H17F3N2O4. The maximum absolute atomic E-state index is 12.4. The minimum atomic E-state index is -4.97. The Morgan fingerprint density at radius 2 is 1.95 bits per heavy atom. The smallest absolute Gasteiger partial charge is 0.354 e. The first-order chi connectivity index (χ1) is 9.31. The number of alkyl halides is 3. The number of rotatable bonds is 5. The Morgan fingerprint density at radius 3 is 2.45 bits per heavy atom. The zero-order valence-corrected chi connectivity index (χ0v) is 11.2. The molecule has 0 bridgehead atoms. The molecule has 0 radical (unpaired) electrons. The van der Waals surface area contributed by atoms with Crippen LogP contribution in [0.5, 0.6) is 0 Å². The third kappa shape index (κ3) is 4.07. The number of ether oxygens (including phenoxy) is 2. The highest BCUT2D eigenvalue weighted by Gasteiger charge is 2.47. The molecule has 1 aliphatic heterocycles. The highest BCUT2D eigenvalue weighted by atomic mass is 19.4. The summed E-state index contributed by atoms with van der Waals surface area (Å²) in [6, 6.07) is -1.10. The predicted molar refractivity (Wildman–Crippen MR) is 61.6 cm³/mol. The maximum atomic E-state index is 12.4. The molecule has 1 rings (SSSR count). The fourth-order valence-electron chi connectivity index (χ4n) is 2.01. The first kappa shape index (κ1) is 16.7. The van der Waals surface area contributed by atoms with E-state index >= 15 is 0 Å². The van der Waals surface area contributed by atoms with Crippen LogP contribution in [0.4, 0.5) is 13.2 Å². The van der Waals surface area contributed by atoms with Gasteiger partial charge < -0.3 is 19.7 Å². The summed E-state index contributed by atoms with van der Waals surface area (Å²) in [7, 11) is 2.74. The molecule has 1 atom stereocenters. The van der Waals surface area contributed by atoms with Crippen LogP contribution in [-0.4, -0.2) is 62.5 Å². The summed E-state index contributed by atoms with van der Waals surface area (Å²) < 4.78 is 46.9. The number of hydrogen-bond acceptors (Lipinski definition) is 4. The highest BCUT2D eigenvalue weighted by molar-refractivity contribution is 5.90. The number of carbonyl (C=O) groups excluding carboxylic acids is 2. The van der Waals surface area contributed by atoms with E-state index in [0.29, 0.717) is 11.3 Å². The first-order valence-electron chi connectivity index (χ1n) is 6.02. The van der Waals surface area contributed by atoms with Crippen LogP contribution in [-0.2, 0) is 19.1 Å². The number of nitrogens with one attached hydrogen (secondary N) is 1. The fraction of sp³-hybridized carbons (Fsp3) is 0.818. The summed E-state index contributed by atoms with van der Waals surface area (Å²) in [5.41, 5.74) is 0. The van der Waals surface area contributed by atoms with Crippen LogP contribution in [0.2, 0.25) is 0 Å². The van der Waals surface area contributed by atoms with Gasteiger partial charge in [0.25, 0.3) is 0 Å². The van der Waals surface area contributed by atoms with E-state index in [2.05, 4.69) is 5.32 Å². The number of nitrogens with zero attached hydrogens (tertiary/aromatic N) is 1. The molecule has 2 amide bonds. The van der Waals surface area contributed by atoms with Gasteiger partial charge in [0.1, 0.15) is 6.04 Å². The SMILES string of the molecule is COC(CNC(=O)C1CCCN1C(=O)C(F)(F)F)OC. The van der Waals surface area contributed by atoms with Crippen LogP contribution in [0, 0.1) is 0 Å². The van der Waals surface area contributed by atoms with Crippen molar-refractivity contribution in [2.24, 2.45) is 0 Å². The third-order valence-electron chi connectivity index (χ3n) is 3.03. The van der Waals surface area contributed by atoms with Crippen molar-refractivity contribution < 1.29 is 32.2 Å². The summed E-state index contributed by atoms with van der Waals surface area (Å²) in [4.78, 5) is 23.6. The molecule has 0 aromatic carbocycles. The summed E-state index contributed by atoms with van der Waals surface area (Å²) in [5, 5.41) is 2.41. The van der Waals surface area contributed by atoms with Crippen molar-refractivity contribution >= 4 is 11.8 Å². The van der Waals surface area contributed by atoms with Gasteiger partial charge >= 0.3 is 12.1 Å². The van der Waals surface area contributed by atoms with Crippen molar-refractivity contribution in [2.45, 2.75) is 31.3 Å². The van der Waals surface area contributed by atoms with Crippen molar-refractivity contribution in [1.29, 1.82) is 0 Å². The van der Waals surface area contributed by atoms with E-state index in [0.717, 1.165) is 0 Å². The lowest BCUT2D eigenvalue weighted by Crippen LogP contribution is -2.51. The summed E-state index contributed by atoms with van der Waals surface area (Å²) >= 11 is 0. The number of methoxy groups -OCH3 is 2. The van der Waals surface area contributed by atoms with Crippen LogP contribution in [0.1, 0.15) is 12.8 Å². The van der Waals surface area contributed by atoms with Crippen molar-refractivity contribution in [3.8, 4) is 0 Å². The van der Waals surface area contributed by atoms with Crippen molar-refractivity contribution in [3.05, 3.63) is 0 Å². The number of halogens is 3. The standard InChI is InChI=1S/C11H17F3N2O4/c1-19-8(20-2)6-15-9(17)7-4-3-5-16(7)10(18)11(12,13)14/h7-8H,3-6H2,1-2H3,(H,15,17). The molecule has 0 aliphatic carbocycles. The molecule has 1 saturated heterocycles. The maximum Gasteiger partial charge on any atom is 0.471 e. The zero-order chi connectivity index (χ0) is 15.3. The predicted octanol–water partition coefficient (Wildman–Crippen LogP) is 0.275. The molecule has 0 saturated carbocycles. The minimum absolute atomic E-state index is 0.00359. The largest absolute Gasteiger partial charge is 0.471 e. The van der Waals surface area contributed by atoms with E-state index < -0.39 is 30.3 Å². The zero-order valence-electron chi connectivity index (χ0n) is 11.2. The van der Waals surface area contributed by atoms with E-state index in [1.807, 2.05) is 0 Å². The lowest BCUT2D eigenvalue weighted by molar-refractivity contribution is -0.186. The average Bonchev–Trinajstić information content (AvgIpc) is 2.86. The first-order valence-corrected chi connectivity index (χ1v) is 6.02. The lowest BCUT2D eigenvalue weighted by Gasteiger charge is -2.25. The molecule has 1 aliphatic rings. The Hall–Kier alpha value is -1.35. The van der Waals surface area contributed by atoms with Gasteiger partial charge in [0.2, 0.25) is 5.91 Å². The van der Waals surface area contributed by atoms with Crippen LogP contribution in [0.25, 0.3) is 0 Å². The van der Waals surface area contributed by atoms with E-state index in [1.54, 1.807) is 0 Å². The number of carbonyl (C=O) groups is 2. The molecule has 9 heteroatoms. The molecule has 20 heavy (non-hydrogen) atoms. The van der Waals surface area contributed by atoms with Gasteiger partial charge in [-0.25, -0.2) is 0 Å². The third-order valence-corrected chi connectivity index (χ3v) is 3.03. The van der Waals surface area contributed by atoms with Gasteiger partial charge in [-0.1, -0.05) is 0 Å².